The van der Waals surface area contributed by atoms with Crippen LogP contribution >= 0.6 is 22.6 Å². The Morgan fingerprint density at radius 3 is 2.38 bits per heavy atom. The summed E-state index contributed by atoms with van der Waals surface area (Å²) in [7, 11) is 1.34. The molecule has 0 aliphatic heterocycles. The summed E-state index contributed by atoms with van der Waals surface area (Å²) < 4.78 is 64.5. The molecular weight excluding hydrogens is 445 g/mol. The van der Waals surface area contributed by atoms with Crippen LogP contribution in [0.3, 0.4) is 0 Å². The van der Waals surface area contributed by atoms with Gasteiger partial charge in [-0.3, -0.25) is 4.79 Å². The zero-order chi connectivity index (χ0) is 17.9. The van der Waals surface area contributed by atoms with Crippen LogP contribution in [-0.2, 0) is 11.3 Å². The lowest BCUT2D eigenvalue weighted by Crippen LogP contribution is -2.27. The van der Waals surface area contributed by atoms with Crippen LogP contribution in [0.4, 0.5) is 17.6 Å². The van der Waals surface area contributed by atoms with Crippen LogP contribution in [0.25, 0.3) is 11.3 Å². The average molecular weight is 457 g/mol. The van der Waals surface area contributed by atoms with Gasteiger partial charge in [-0.05, 0) is 34.7 Å². The van der Waals surface area contributed by atoms with Gasteiger partial charge in [-0.2, -0.15) is 0 Å². The van der Waals surface area contributed by atoms with Gasteiger partial charge >= 0.3 is 0 Å². The third-order valence-corrected chi connectivity index (χ3v) is 3.88. The van der Waals surface area contributed by atoms with E-state index in [1.54, 1.807) is 22.6 Å². The predicted molar refractivity (Wildman–Crippen MR) is 87.3 cm³/mol. The number of halogens is 5. The molecule has 0 radical (unpaired) electrons. The minimum absolute atomic E-state index is 0.121. The summed E-state index contributed by atoms with van der Waals surface area (Å²) in [6, 6.07) is 4.33. The Morgan fingerprint density at radius 1 is 1.21 bits per heavy atom. The molecule has 2 aromatic rings. The Bertz CT molecular complexity index is 772. The number of hydrogen-bond donors (Lipinski definition) is 0. The van der Waals surface area contributed by atoms with Crippen molar-refractivity contribution in [3.8, 4) is 17.0 Å². The van der Waals surface area contributed by atoms with E-state index in [2.05, 4.69) is 4.74 Å². The fourth-order valence-electron chi connectivity index (χ4n) is 2.09. The molecule has 1 aromatic heterocycles. The highest BCUT2D eigenvalue weighted by atomic mass is 127. The summed E-state index contributed by atoms with van der Waals surface area (Å²) in [6.45, 7) is -1.18. The summed E-state index contributed by atoms with van der Waals surface area (Å²) in [5, 5.41) is 0. The molecule has 0 N–H and O–H groups in total. The number of methoxy groups -OCH3 is 1. The Labute approximate surface area is 148 Å². The Morgan fingerprint density at radius 2 is 1.83 bits per heavy atom. The number of alkyl halides is 2. The van der Waals surface area contributed by atoms with E-state index in [9.17, 15) is 22.4 Å². The van der Waals surface area contributed by atoms with Crippen LogP contribution in [0, 0.1) is 15.2 Å². The maximum atomic E-state index is 14.3. The van der Waals surface area contributed by atoms with Crippen LogP contribution < -0.4 is 10.3 Å². The predicted octanol–water partition coefficient (Wildman–Crippen LogP) is 3.65. The van der Waals surface area contributed by atoms with Gasteiger partial charge in [-0.1, -0.05) is 0 Å². The number of pyridine rings is 1. The summed E-state index contributed by atoms with van der Waals surface area (Å²) in [6.07, 6.45) is -2.85. The second kappa shape index (κ2) is 7.97. The smallest absolute Gasteiger partial charge is 0.264 e. The molecule has 0 aliphatic carbocycles. The van der Waals surface area contributed by atoms with Gasteiger partial charge in [0.25, 0.3) is 12.0 Å². The molecule has 24 heavy (non-hydrogen) atoms. The number of nitrogens with zero attached hydrogens (tertiary/aromatic N) is 1. The van der Waals surface area contributed by atoms with Crippen LogP contribution in [-0.4, -0.2) is 24.9 Å². The second-order valence-electron chi connectivity index (χ2n) is 4.69. The molecule has 0 spiro atoms. The zero-order valence-corrected chi connectivity index (χ0v) is 14.5. The number of rotatable bonds is 6. The molecule has 0 aliphatic rings. The highest BCUT2D eigenvalue weighted by molar-refractivity contribution is 14.1. The standard InChI is InChI=1S/C15H12F4INO3/c1-23-7-24-8-4-9(16)14(10(17)5-8)12-3-2-11(20)15(22)21(12)6-13(18)19/h2-5,13H,6-7H2,1H3. The molecule has 130 valence electrons. The van der Waals surface area contributed by atoms with Gasteiger partial charge in [0, 0.05) is 19.2 Å². The molecule has 2 rings (SSSR count). The van der Waals surface area contributed by atoms with E-state index in [1.165, 1.54) is 19.2 Å². The molecule has 4 nitrogen and oxygen atoms in total. The van der Waals surface area contributed by atoms with Gasteiger partial charge in [0.2, 0.25) is 0 Å². The molecule has 1 aromatic carbocycles. The molecule has 0 fully saturated rings. The van der Waals surface area contributed by atoms with Crippen LogP contribution in [0.2, 0.25) is 0 Å². The quantitative estimate of drug-likeness (QED) is 0.378. The van der Waals surface area contributed by atoms with Crippen molar-refractivity contribution >= 4 is 22.6 Å². The van der Waals surface area contributed by atoms with Crippen molar-refractivity contribution in [2.24, 2.45) is 0 Å². The topological polar surface area (TPSA) is 40.5 Å². The van der Waals surface area contributed by atoms with Gasteiger partial charge in [0.05, 0.1) is 21.4 Å². The summed E-state index contributed by atoms with van der Waals surface area (Å²) in [4.78, 5) is 12.1. The van der Waals surface area contributed by atoms with Crippen molar-refractivity contribution in [3.05, 3.63) is 49.8 Å². The van der Waals surface area contributed by atoms with Gasteiger partial charge in [-0.15, -0.1) is 0 Å². The minimum Gasteiger partial charge on any atom is -0.467 e. The summed E-state index contributed by atoms with van der Waals surface area (Å²) in [5.41, 5.74) is -1.59. The van der Waals surface area contributed by atoms with E-state index < -0.39 is 35.7 Å². The molecule has 0 unspecified atom stereocenters. The van der Waals surface area contributed by atoms with Gasteiger partial charge in [-0.25, -0.2) is 17.6 Å². The molecule has 9 heteroatoms. The maximum Gasteiger partial charge on any atom is 0.264 e. The highest BCUT2D eigenvalue weighted by Crippen LogP contribution is 2.30. The number of hydrogen-bond acceptors (Lipinski definition) is 3. The van der Waals surface area contributed by atoms with Gasteiger partial charge in [0.1, 0.15) is 17.4 Å². The number of ether oxygens (including phenoxy) is 2. The van der Waals surface area contributed by atoms with E-state index in [0.29, 0.717) is 4.57 Å². The van der Waals surface area contributed by atoms with Gasteiger partial charge < -0.3 is 14.0 Å². The normalized spacial score (nSPS) is 11.1. The van der Waals surface area contributed by atoms with Crippen molar-refractivity contribution in [1.82, 2.24) is 4.57 Å². The van der Waals surface area contributed by atoms with E-state index in [-0.39, 0.29) is 21.8 Å². The summed E-state index contributed by atoms with van der Waals surface area (Å²) >= 11 is 1.67. The lowest BCUT2D eigenvalue weighted by Gasteiger charge is -2.15. The molecule has 1 heterocycles. The molecule has 0 saturated carbocycles. The fourth-order valence-corrected chi connectivity index (χ4v) is 2.57. The van der Waals surface area contributed by atoms with Crippen molar-refractivity contribution in [1.29, 1.82) is 0 Å². The summed E-state index contributed by atoms with van der Waals surface area (Å²) in [5.74, 6) is -2.20. The van der Waals surface area contributed by atoms with Crippen molar-refractivity contribution < 1.29 is 27.0 Å². The van der Waals surface area contributed by atoms with Crippen molar-refractivity contribution in [2.45, 2.75) is 13.0 Å². The molecular formula is C15H12F4INO3. The first kappa shape index (κ1) is 18.7. The first-order valence-corrected chi connectivity index (χ1v) is 7.71. The lowest BCUT2D eigenvalue weighted by molar-refractivity contribution is 0.0507. The SMILES string of the molecule is COCOc1cc(F)c(-c2ccc(I)c(=O)n2CC(F)F)c(F)c1. The lowest BCUT2D eigenvalue weighted by atomic mass is 10.1. The molecule has 0 atom stereocenters. The molecule has 0 amide bonds. The van der Waals surface area contributed by atoms with Crippen molar-refractivity contribution in [3.63, 3.8) is 0 Å². The second-order valence-corrected chi connectivity index (χ2v) is 5.85. The highest BCUT2D eigenvalue weighted by Gasteiger charge is 2.20. The number of aromatic nitrogens is 1. The third kappa shape index (κ3) is 4.07. The average Bonchev–Trinajstić information content (AvgIpc) is 2.51. The zero-order valence-electron chi connectivity index (χ0n) is 12.4. The Kier molecular flexibility index (Phi) is 6.21. The van der Waals surface area contributed by atoms with Crippen LogP contribution in [0.1, 0.15) is 0 Å². The number of benzene rings is 1. The monoisotopic (exact) mass is 457 g/mol. The first-order valence-electron chi connectivity index (χ1n) is 6.63. The maximum absolute atomic E-state index is 14.3. The van der Waals surface area contributed by atoms with E-state index >= 15 is 0 Å². The van der Waals surface area contributed by atoms with E-state index in [1.807, 2.05) is 0 Å². The molecule has 0 saturated heterocycles. The Balaban J connectivity index is 2.60. The van der Waals surface area contributed by atoms with Crippen LogP contribution in [0.5, 0.6) is 5.75 Å². The molecule has 0 bridgehead atoms. The Hall–Kier alpha value is -1.62. The largest absolute Gasteiger partial charge is 0.467 e. The van der Waals surface area contributed by atoms with Gasteiger partial charge in [0.15, 0.2) is 6.79 Å². The first-order chi connectivity index (χ1) is 11.3. The van der Waals surface area contributed by atoms with Crippen LogP contribution in [0.15, 0.2) is 29.1 Å². The van der Waals surface area contributed by atoms with Crippen molar-refractivity contribution in [2.75, 3.05) is 13.9 Å². The van der Waals surface area contributed by atoms with E-state index in [0.717, 1.165) is 12.1 Å². The minimum atomic E-state index is -2.85. The third-order valence-electron chi connectivity index (χ3n) is 3.06. The van der Waals surface area contributed by atoms with E-state index in [4.69, 9.17) is 4.74 Å². The fraction of sp³-hybridized carbons (Fsp3) is 0.267.